The van der Waals surface area contributed by atoms with Gasteiger partial charge in [0.25, 0.3) is 0 Å². The lowest BCUT2D eigenvalue weighted by molar-refractivity contribution is 0.225. The summed E-state index contributed by atoms with van der Waals surface area (Å²) in [6.45, 7) is 4.22. The minimum absolute atomic E-state index is 0.496. The molecule has 0 radical (unpaired) electrons. The van der Waals surface area contributed by atoms with E-state index in [0.29, 0.717) is 16.5 Å². The number of halogens is 1. The maximum atomic E-state index is 6.81. The van der Waals surface area contributed by atoms with Gasteiger partial charge in [0.1, 0.15) is 11.5 Å². The van der Waals surface area contributed by atoms with Crippen LogP contribution in [0.5, 0.6) is 0 Å². The minimum Gasteiger partial charge on any atom is -0.366 e. The Labute approximate surface area is 188 Å². The van der Waals surface area contributed by atoms with Gasteiger partial charge in [0.2, 0.25) is 5.95 Å². The van der Waals surface area contributed by atoms with Crippen molar-refractivity contribution < 1.29 is 0 Å². The summed E-state index contributed by atoms with van der Waals surface area (Å²) < 4.78 is 2.14. The topological polar surface area (TPSA) is 58.4 Å². The van der Waals surface area contributed by atoms with Crippen LogP contribution >= 0.6 is 11.6 Å². The highest BCUT2D eigenvalue weighted by molar-refractivity contribution is 6.36. The van der Waals surface area contributed by atoms with E-state index < -0.39 is 0 Å². The first-order valence-electron chi connectivity index (χ1n) is 11.6. The van der Waals surface area contributed by atoms with E-state index in [4.69, 9.17) is 21.6 Å². The third-order valence-electron chi connectivity index (χ3n) is 7.56. The summed E-state index contributed by atoms with van der Waals surface area (Å²) in [5.41, 5.74) is 4.39. The normalized spacial score (nSPS) is 20.6. The quantitative estimate of drug-likeness (QED) is 0.586. The van der Waals surface area contributed by atoms with E-state index in [9.17, 15) is 0 Å². The summed E-state index contributed by atoms with van der Waals surface area (Å²) in [4.78, 5) is 16.7. The molecule has 6 rings (SSSR count). The number of piperidine rings is 1. The van der Waals surface area contributed by atoms with Crippen molar-refractivity contribution in [1.82, 2.24) is 19.4 Å². The first-order chi connectivity index (χ1) is 15.1. The molecule has 0 atom stereocenters. The molecule has 1 aliphatic heterocycles. The number of fused-ring (bicyclic) bond motifs is 1. The largest absolute Gasteiger partial charge is 0.366 e. The van der Waals surface area contributed by atoms with Gasteiger partial charge in [-0.2, -0.15) is 0 Å². The van der Waals surface area contributed by atoms with Crippen molar-refractivity contribution in [1.29, 1.82) is 0 Å². The molecular weight excluding hydrogens is 408 g/mol. The van der Waals surface area contributed by atoms with Gasteiger partial charge in [-0.15, -0.1) is 0 Å². The second kappa shape index (κ2) is 7.37. The highest BCUT2D eigenvalue weighted by Gasteiger charge is 2.37. The van der Waals surface area contributed by atoms with Gasteiger partial charge in [0.15, 0.2) is 0 Å². The number of hydrogen-bond acceptors (Lipinski definition) is 5. The van der Waals surface area contributed by atoms with Gasteiger partial charge in [-0.05, 0) is 56.9 Å². The van der Waals surface area contributed by atoms with Gasteiger partial charge in [-0.1, -0.05) is 24.4 Å². The predicted molar refractivity (Wildman–Crippen MR) is 125 cm³/mol. The van der Waals surface area contributed by atoms with Crippen LogP contribution < -0.4 is 10.2 Å². The summed E-state index contributed by atoms with van der Waals surface area (Å²) in [7, 11) is 0. The van der Waals surface area contributed by atoms with E-state index in [-0.39, 0.29) is 0 Å². The van der Waals surface area contributed by atoms with Crippen molar-refractivity contribution in [3.8, 4) is 11.1 Å². The second-order valence-electron chi connectivity index (χ2n) is 9.63. The van der Waals surface area contributed by atoms with Crippen LogP contribution in [0.3, 0.4) is 0 Å². The van der Waals surface area contributed by atoms with Crippen LogP contribution in [0.25, 0.3) is 16.8 Å². The SMILES string of the molecule is Cc1nc(N2CCC3(CCCC3)CC2)n2ccnc2c1-c1ccnc(NC2CC2)c1Cl. The summed E-state index contributed by atoms with van der Waals surface area (Å²) in [5.74, 6) is 1.76. The van der Waals surface area contributed by atoms with Crippen molar-refractivity contribution in [3.63, 3.8) is 0 Å². The Balaban J connectivity index is 1.38. The predicted octanol–water partition coefficient (Wildman–Crippen LogP) is 5.49. The van der Waals surface area contributed by atoms with E-state index in [1.165, 1.54) is 51.4 Å². The molecule has 2 saturated carbocycles. The Bertz CT molecular complexity index is 1120. The van der Waals surface area contributed by atoms with Crippen LogP contribution in [-0.2, 0) is 0 Å². The number of rotatable bonds is 4. The van der Waals surface area contributed by atoms with Gasteiger partial charge in [-0.3, -0.25) is 4.40 Å². The smallest absolute Gasteiger partial charge is 0.211 e. The molecule has 1 N–H and O–H groups in total. The van der Waals surface area contributed by atoms with Crippen molar-refractivity contribution in [2.24, 2.45) is 5.41 Å². The number of pyridine rings is 1. The molecule has 3 aromatic rings. The summed E-state index contributed by atoms with van der Waals surface area (Å²) in [5, 5.41) is 4.09. The fraction of sp³-hybridized carbons (Fsp3) is 0.542. The van der Waals surface area contributed by atoms with E-state index in [1.54, 1.807) is 0 Å². The molecule has 7 heteroatoms. The maximum absolute atomic E-state index is 6.81. The lowest BCUT2D eigenvalue weighted by Gasteiger charge is -2.40. The minimum atomic E-state index is 0.496. The van der Waals surface area contributed by atoms with E-state index in [1.807, 2.05) is 24.7 Å². The molecule has 31 heavy (non-hydrogen) atoms. The number of imidazole rings is 1. The van der Waals surface area contributed by atoms with Crippen LogP contribution in [0.2, 0.25) is 5.02 Å². The van der Waals surface area contributed by atoms with Gasteiger partial charge in [-0.25, -0.2) is 15.0 Å². The molecular formula is C24H29ClN6. The van der Waals surface area contributed by atoms with Crippen LogP contribution in [0.15, 0.2) is 24.7 Å². The molecule has 6 nitrogen and oxygen atoms in total. The molecule has 4 heterocycles. The lowest BCUT2D eigenvalue weighted by atomic mass is 9.77. The standard InChI is InChI=1S/C24H29ClN6/c1-16-19(18-6-11-26-21(20(18)25)29-17-4-5-17)22-27-12-15-31(22)23(28-16)30-13-9-24(10-14-30)7-2-3-8-24/h6,11-12,15,17H,2-5,7-10,13-14H2,1H3,(H,26,29). The first-order valence-corrected chi connectivity index (χ1v) is 12.0. The average molecular weight is 437 g/mol. The van der Waals surface area contributed by atoms with Gasteiger partial charge < -0.3 is 10.2 Å². The summed E-state index contributed by atoms with van der Waals surface area (Å²) in [6.07, 6.45) is 16.3. The first kappa shape index (κ1) is 19.4. The van der Waals surface area contributed by atoms with Crippen molar-refractivity contribution in [3.05, 3.63) is 35.4 Å². The zero-order valence-corrected chi connectivity index (χ0v) is 18.8. The highest BCUT2D eigenvalue weighted by Crippen LogP contribution is 2.47. The molecule has 0 amide bonds. The maximum Gasteiger partial charge on any atom is 0.211 e. The van der Waals surface area contributed by atoms with Crippen LogP contribution in [0.1, 0.15) is 57.1 Å². The Hall–Kier alpha value is -2.34. The third kappa shape index (κ3) is 3.36. The molecule has 3 fully saturated rings. The fourth-order valence-corrected chi connectivity index (χ4v) is 5.84. The Morgan fingerprint density at radius 1 is 1.06 bits per heavy atom. The van der Waals surface area contributed by atoms with Gasteiger partial charge >= 0.3 is 0 Å². The average Bonchev–Trinajstić information content (AvgIpc) is 3.26. The molecule has 162 valence electrons. The van der Waals surface area contributed by atoms with Gasteiger partial charge in [0.05, 0.1) is 10.7 Å². The zero-order valence-electron chi connectivity index (χ0n) is 18.1. The molecule has 0 aromatic carbocycles. The van der Waals surface area contributed by atoms with Gasteiger partial charge in [0, 0.05) is 48.8 Å². The highest BCUT2D eigenvalue weighted by atomic mass is 35.5. The third-order valence-corrected chi connectivity index (χ3v) is 7.94. The number of anilines is 2. The van der Waals surface area contributed by atoms with E-state index in [2.05, 4.69) is 26.5 Å². The number of nitrogens with zero attached hydrogens (tertiary/aromatic N) is 5. The molecule has 2 aliphatic carbocycles. The van der Waals surface area contributed by atoms with Crippen molar-refractivity contribution in [2.75, 3.05) is 23.3 Å². The van der Waals surface area contributed by atoms with Crippen LogP contribution in [0.4, 0.5) is 11.8 Å². The number of aryl methyl sites for hydroxylation is 1. The molecule has 3 aliphatic rings. The Morgan fingerprint density at radius 2 is 1.84 bits per heavy atom. The molecule has 1 saturated heterocycles. The molecule has 0 bridgehead atoms. The Kier molecular flexibility index (Phi) is 4.60. The number of nitrogens with one attached hydrogen (secondary N) is 1. The summed E-state index contributed by atoms with van der Waals surface area (Å²) in [6, 6.07) is 2.47. The monoisotopic (exact) mass is 436 g/mol. The number of hydrogen-bond donors (Lipinski definition) is 1. The lowest BCUT2D eigenvalue weighted by Crippen LogP contribution is -2.40. The van der Waals surface area contributed by atoms with Crippen molar-refractivity contribution >= 4 is 29.0 Å². The van der Waals surface area contributed by atoms with E-state index >= 15 is 0 Å². The Morgan fingerprint density at radius 3 is 2.58 bits per heavy atom. The molecule has 3 aromatic heterocycles. The second-order valence-corrected chi connectivity index (χ2v) is 10.0. The zero-order chi connectivity index (χ0) is 21.0. The van der Waals surface area contributed by atoms with Crippen LogP contribution in [0, 0.1) is 12.3 Å². The number of aromatic nitrogens is 4. The summed E-state index contributed by atoms with van der Waals surface area (Å²) >= 11 is 6.81. The van der Waals surface area contributed by atoms with Crippen LogP contribution in [-0.4, -0.2) is 38.5 Å². The molecule has 1 spiro atoms. The van der Waals surface area contributed by atoms with E-state index in [0.717, 1.165) is 47.3 Å². The molecule has 0 unspecified atom stereocenters. The fourth-order valence-electron chi connectivity index (χ4n) is 5.57. The van der Waals surface area contributed by atoms with Crippen molar-refractivity contribution in [2.45, 2.75) is 64.3 Å².